The lowest BCUT2D eigenvalue weighted by atomic mass is 9.84. The van der Waals surface area contributed by atoms with Crippen molar-refractivity contribution in [1.29, 1.82) is 0 Å². The number of benzene rings is 1. The molecular formula is C12H18N2O. The van der Waals surface area contributed by atoms with Gasteiger partial charge in [0.25, 0.3) is 0 Å². The van der Waals surface area contributed by atoms with E-state index < -0.39 is 5.41 Å². The molecule has 1 aromatic carbocycles. The number of amides is 1. The molecule has 1 aromatic rings. The van der Waals surface area contributed by atoms with Gasteiger partial charge in [0.2, 0.25) is 5.91 Å². The molecule has 15 heavy (non-hydrogen) atoms. The van der Waals surface area contributed by atoms with E-state index in [0.29, 0.717) is 13.1 Å². The highest BCUT2D eigenvalue weighted by molar-refractivity contribution is 5.87. The Morgan fingerprint density at radius 1 is 1.33 bits per heavy atom. The van der Waals surface area contributed by atoms with E-state index in [2.05, 4.69) is 5.32 Å². The first-order valence-electron chi connectivity index (χ1n) is 5.13. The second-order valence-electron chi connectivity index (χ2n) is 4.04. The van der Waals surface area contributed by atoms with Gasteiger partial charge in [-0.15, -0.1) is 0 Å². The maximum absolute atomic E-state index is 11.9. The largest absolute Gasteiger partial charge is 0.354 e. The summed E-state index contributed by atoms with van der Waals surface area (Å²) < 4.78 is 0. The lowest BCUT2D eigenvalue weighted by Gasteiger charge is -2.23. The first kappa shape index (κ1) is 11.7. The molecule has 1 rings (SSSR count). The third-order valence-corrected chi connectivity index (χ3v) is 2.49. The zero-order valence-corrected chi connectivity index (χ0v) is 9.29. The van der Waals surface area contributed by atoms with Gasteiger partial charge in [0.15, 0.2) is 0 Å². The van der Waals surface area contributed by atoms with E-state index in [1.807, 2.05) is 44.2 Å². The van der Waals surface area contributed by atoms with Crippen LogP contribution in [0.4, 0.5) is 0 Å². The zero-order valence-electron chi connectivity index (χ0n) is 9.29. The Bertz CT molecular complexity index is 320. The number of nitrogens with two attached hydrogens (primary N) is 1. The third kappa shape index (κ3) is 2.80. The fourth-order valence-corrected chi connectivity index (χ4v) is 1.39. The summed E-state index contributed by atoms with van der Waals surface area (Å²) in [5, 5.41) is 2.81. The van der Waals surface area contributed by atoms with Gasteiger partial charge < -0.3 is 11.1 Å². The minimum atomic E-state index is -0.504. The van der Waals surface area contributed by atoms with Crippen molar-refractivity contribution in [3.63, 3.8) is 0 Å². The number of carbonyl (C=O) groups excluding carboxylic acids is 1. The van der Waals surface area contributed by atoms with Gasteiger partial charge in [0.05, 0.1) is 5.41 Å². The molecule has 0 saturated carbocycles. The van der Waals surface area contributed by atoms with E-state index >= 15 is 0 Å². The van der Waals surface area contributed by atoms with Crippen molar-refractivity contribution in [3.8, 4) is 0 Å². The molecule has 0 fully saturated rings. The predicted molar refractivity (Wildman–Crippen MR) is 61.5 cm³/mol. The van der Waals surface area contributed by atoms with Gasteiger partial charge in [0, 0.05) is 13.1 Å². The average Bonchev–Trinajstić information content (AvgIpc) is 2.27. The lowest BCUT2D eigenvalue weighted by molar-refractivity contribution is -0.125. The summed E-state index contributed by atoms with van der Waals surface area (Å²) >= 11 is 0. The molecule has 0 heterocycles. The Balaban J connectivity index is 2.78. The number of carbonyl (C=O) groups is 1. The summed E-state index contributed by atoms with van der Waals surface area (Å²) in [6, 6.07) is 9.74. The molecule has 0 spiro atoms. The second-order valence-corrected chi connectivity index (χ2v) is 4.04. The van der Waals surface area contributed by atoms with Crippen LogP contribution in [-0.4, -0.2) is 19.0 Å². The maximum Gasteiger partial charge on any atom is 0.230 e. The molecule has 3 N–H and O–H groups in total. The molecule has 1 amide bonds. The quantitative estimate of drug-likeness (QED) is 0.773. The van der Waals surface area contributed by atoms with Gasteiger partial charge >= 0.3 is 0 Å². The second kappa shape index (κ2) is 4.94. The molecular weight excluding hydrogens is 188 g/mol. The van der Waals surface area contributed by atoms with Gasteiger partial charge in [-0.2, -0.15) is 0 Å². The van der Waals surface area contributed by atoms with Crippen LogP contribution >= 0.6 is 0 Å². The van der Waals surface area contributed by atoms with Crippen LogP contribution < -0.4 is 11.1 Å². The first-order valence-corrected chi connectivity index (χ1v) is 5.13. The fourth-order valence-electron chi connectivity index (χ4n) is 1.39. The summed E-state index contributed by atoms with van der Waals surface area (Å²) in [7, 11) is 0. The number of hydrogen-bond acceptors (Lipinski definition) is 2. The van der Waals surface area contributed by atoms with Crippen molar-refractivity contribution in [2.24, 2.45) is 5.73 Å². The molecule has 0 saturated heterocycles. The molecule has 82 valence electrons. The highest BCUT2D eigenvalue weighted by atomic mass is 16.2. The van der Waals surface area contributed by atoms with E-state index in [-0.39, 0.29) is 5.91 Å². The van der Waals surface area contributed by atoms with Gasteiger partial charge in [0.1, 0.15) is 0 Å². The smallest absolute Gasteiger partial charge is 0.230 e. The molecule has 0 aliphatic rings. The maximum atomic E-state index is 11.9. The Hall–Kier alpha value is -1.35. The molecule has 3 heteroatoms. The van der Waals surface area contributed by atoms with Crippen LogP contribution in [0.15, 0.2) is 30.3 Å². The van der Waals surface area contributed by atoms with Crippen LogP contribution in [0.1, 0.15) is 19.4 Å². The highest BCUT2D eigenvalue weighted by Gasteiger charge is 2.28. The van der Waals surface area contributed by atoms with Crippen LogP contribution in [-0.2, 0) is 10.2 Å². The van der Waals surface area contributed by atoms with Gasteiger partial charge in [-0.1, -0.05) is 30.3 Å². The van der Waals surface area contributed by atoms with Crippen LogP contribution in [0.25, 0.3) is 0 Å². The minimum absolute atomic E-state index is 0.0131. The normalized spacial score (nSPS) is 11.1. The first-order chi connectivity index (χ1) is 7.09. The molecule has 0 aliphatic heterocycles. The number of hydrogen-bond donors (Lipinski definition) is 2. The average molecular weight is 206 g/mol. The minimum Gasteiger partial charge on any atom is -0.354 e. The monoisotopic (exact) mass is 206 g/mol. The van der Waals surface area contributed by atoms with E-state index in [0.717, 1.165) is 5.56 Å². The zero-order chi connectivity index (χ0) is 11.3. The van der Waals surface area contributed by atoms with Crippen LogP contribution in [0, 0.1) is 0 Å². The third-order valence-electron chi connectivity index (χ3n) is 2.49. The summed E-state index contributed by atoms with van der Waals surface area (Å²) in [5.41, 5.74) is 5.85. The van der Waals surface area contributed by atoms with Crippen molar-refractivity contribution in [2.45, 2.75) is 19.3 Å². The molecule has 0 radical (unpaired) electrons. The van der Waals surface area contributed by atoms with E-state index in [9.17, 15) is 4.79 Å². The van der Waals surface area contributed by atoms with Gasteiger partial charge in [-0.3, -0.25) is 4.79 Å². The molecule has 0 aromatic heterocycles. The Morgan fingerprint density at radius 3 is 2.47 bits per heavy atom. The van der Waals surface area contributed by atoms with Crippen LogP contribution in [0.2, 0.25) is 0 Å². The van der Waals surface area contributed by atoms with Crippen LogP contribution in [0.3, 0.4) is 0 Å². The molecule has 0 bridgehead atoms. The standard InChI is InChI=1S/C12H18N2O/c1-12(2,11(15)14-9-8-13)10-6-4-3-5-7-10/h3-7H,8-9,13H2,1-2H3,(H,14,15). The Morgan fingerprint density at radius 2 is 1.93 bits per heavy atom. The van der Waals surface area contributed by atoms with Crippen molar-refractivity contribution < 1.29 is 4.79 Å². The molecule has 0 atom stereocenters. The molecule has 0 unspecified atom stereocenters. The van der Waals surface area contributed by atoms with E-state index in [1.165, 1.54) is 0 Å². The lowest BCUT2D eigenvalue weighted by Crippen LogP contribution is -2.41. The SMILES string of the molecule is CC(C)(C(=O)NCCN)c1ccccc1. The van der Waals surface area contributed by atoms with E-state index in [1.54, 1.807) is 0 Å². The Labute approximate surface area is 90.7 Å². The summed E-state index contributed by atoms with van der Waals surface area (Å²) in [4.78, 5) is 11.9. The number of nitrogens with one attached hydrogen (secondary N) is 1. The summed E-state index contributed by atoms with van der Waals surface area (Å²) in [6.07, 6.45) is 0. The van der Waals surface area contributed by atoms with Gasteiger partial charge in [-0.25, -0.2) is 0 Å². The topological polar surface area (TPSA) is 55.1 Å². The summed E-state index contributed by atoms with van der Waals surface area (Å²) in [5.74, 6) is 0.0131. The van der Waals surface area contributed by atoms with Gasteiger partial charge in [-0.05, 0) is 19.4 Å². The van der Waals surface area contributed by atoms with Crippen LogP contribution in [0.5, 0.6) is 0 Å². The van der Waals surface area contributed by atoms with E-state index in [4.69, 9.17) is 5.73 Å². The molecule has 0 aliphatic carbocycles. The van der Waals surface area contributed by atoms with Crippen molar-refractivity contribution in [3.05, 3.63) is 35.9 Å². The summed E-state index contributed by atoms with van der Waals surface area (Å²) in [6.45, 7) is 4.81. The van der Waals surface area contributed by atoms with Crippen molar-refractivity contribution >= 4 is 5.91 Å². The van der Waals surface area contributed by atoms with Crippen molar-refractivity contribution in [2.75, 3.05) is 13.1 Å². The predicted octanol–water partition coefficient (Wildman–Crippen LogP) is 1.04. The van der Waals surface area contributed by atoms with Crippen molar-refractivity contribution in [1.82, 2.24) is 5.32 Å². The fraction of sp³-hybridized carbons (Fsp3) is 0.417. The number of rotatable bonds is 4. The Kier molecular flexibility index (Phi) is 3.86. The molecule has 3 nitrogen and oxygen atoms in total. The highest BCUT2D eigenvalue weighted by Crippen LogP contribution is 2.22.